The highest BCUT2D eigenvalue weighted by molar-refractivity contribution is 6.05. The van der Waals surface area contributed by atoms with Gasteiger partial charge < -0.3 is 35.0 Å². The first kappa shape index (κ1) is 36.4. The number of anilines is 2. The zero-order valence-electron chi connectivity index (χ0n) is 29.3. The minimum Gasteiger partial charge on any atom is -0.490 e. The van der Waals surface area contributed by atoms with Gasteiger partial charge in [0, 0.05) is 49.3 Å². The number of carbonyl (C=O) groups is 3. The fourth-order valence-electron chi connectivity index (χ4n) is 6.15. The van der Waals surface area contributed by atoms with Crippen molar-refractivity contribution >= 4 is 40.0 Å². The average molecular weight is 681 g/mol. The van der Waals surface area contributed by atoms with Gasteiger partial charge in [0.25, 0.3) is 11.8 Å². The van der Waals surface area contributed by atoms with Gasteiger partial charge in [-0.15, -0.1) is 0 Å². The fourth-order valence-corrected chi connectivity index (χ4v) is 6.15. The molecule has 10 nitrogen and oxygen atoms in total. The highest BCUT2D eigenvalue weighted by Crippen LogP contribution is 2.29. The maximum Gasteiger partial charge on any atom is 0.321 e. The molecule has 264 valence electrons. The molecule has 0 bridgehead atoms. The van der Waals surface area contributed by atoms with E-state index in [1.807, 2.05) is 62.4 Å². The molecule has 0 unspecified atom stereocenters. The molecule has 0 aliphatic carbocycles. The van der Waals surface area contributed by atoms with Crippen LogP contribution in [0.2, 0.25) is 0 Å². The van der Waals surface area contributed by atoms with Crippen LogP contribution in [0.1, 0.15) is 60.7 Å². The number of amides is 4. The van der Waals surface area contributed by atoms with Gasteiger partial charge in [0.15, 0.2) is 0 Å². The summed E-state index contributed by atoms with van der Waals surface area (Å²) in [5, 5.41) is 18.2. The van der Waals surface area contributed by atoms with E-state index in [2.05, 4.69) is 10.6 Å². The van der Waals surface area contributed by atoms with Crippen LogP contribution in [-0.2, 0) is 4.74 Å². The number of hydrogen-bond donors (Lipinski definition) is 3. The third kappa shape index (κ3) is 9.19. The predicted octanol–water partition coefficient (Wildman–Crippen LogP) is 7.05. The Morgan fingerprint density at radius 3 is 2.48 bits per heavy atom. The van der Waals surface area contributed by atoms with Crippen LogP contribution in [0.4, 0.5) is 16.2 Å². The lowest BCUT2D eigenvalue weighted by Crippen LogP contribution is -2.48. The second-order valence-corrected chi connectivity index (χ2v) is 13.2. The van der Waals surface area contributed by atoms with Crippen molar-refractivity contribution in [3.63, 3.8) is 0 Å². The van der Waals surface area contributed by atoms with Gasteiger partial charge in [-0.2, -0.15) is 0 Å². The summed E-state index contributed by atoms with van der Waals surface area (Å²) in [4.78, 5) is 44.1. The Hall–Kier alpha value is -4.93. The largest absolute Gasteiger partial charge is 0.490 e. The Bertz CT molecular complexity index is 1760. The number of rotatable bonds is 7. The fraction of sp³-hybridized carbons (Fsp3) is 0.375. The SMILES string of the molecule is C[C@H](CO)N1C[C@H](C)[C@@H](CN(C)C(=O)Nc2cccc3ccccc23)OCCCC[C@H](C)Oc2ccc(NC(=O)c3ccccc3)cc2C1=O. The molecule has 0 fully saturated rings. The molecule has 1 aliphatic rings. The first-order chi connectivity index (χ1) is 24.1. The van der Waals surface area contributed by atoms with E-state index in [0.29, 0.717) is 30.2 Å². The molecule has 0 aromatic heterocycles. The van der Waals surface area contributed by atoms with Gasteiger partial charge in [-0.25, -0.2) is 4.79 Å². The molecule has 50 heavy (non-hydrogen) atoms. The van der Waals surface area contributed by atoms with Gasteiger partial charge in [0.1, 0.15) is 5.75 Å². The number of ether oxygens (including phenoxy) is 2. The molecule has 4 aromatic rings. The van der Waals surface area contributed by atoms with Crippen LogP contribution in [0.5, 0.6) is 5.75 Å². The van der Waals surface area contributed by atoms with Crippen molar-refractivity contribution in [1.29, 1.82) is 0 Å². The minimum atomic E-state index is -0.529. The van der Waals surface area contributed by atoms with Crippen molar-refractivity contribution in [3.8, 4) is 5.75 Å². The summed E-state index contributed by atoms with van der Waals surface area (Å²) in [5.41, 5.74) is 1.96. The number of fused-ring (bicyclic) bond motifs is 2. The van der Waals surface area contributed by atoms with E-state index in [-0.39, 0.29) is 48.6 Å². The lowest BCUT2D eigenvalue weighted by molar-refractivity contribution is -0.0115. The molecule has 10 heteroatoms. The third-order valence-corrected chi connectivity index (χ3v) is 9.18. The van der Waals surface area contributed by atoms with Crippen LogP contribution in [0, 0.1) is 5.92 Å². The van der Waals surface area contributed by atoms with Crippen molar-refractivity contribution < 1.29 is 29.0 Å². The van der Waals surface area contributed by atoms with Gasteiger partial charge in [-0.3, -0.25) is 9.59 Å². The van der Waals surface area contributed by atoms with E-state index in [1.165, 1.54) is 0 Å². The zero-order valence-corrected chi connectivity index (χ0v) is 29.3. The van der Waals surface area contributed by atoms with Crippen LogP contribution in [0.25, 0.3) is 10.8 Å². The first-order valence-electron chi connectivity index (χ1n) is 17.3. The summed E-state index contributed by atoms with van der Waals surface area (Å²) >= 11 is 0. The molecule has 4 aromatic carbocycles. The van der Waals surface area contributed by atoms with Gasteiger partial charge in [-0.1, -0.05) is 61.5 Å². The second-order valence-electron chi connectivity index (χ2n) is 13.2. The van der Waals surface area contributed by atoms with E-state index >= 15 is 0 Å². The number of aliphatic hydroxyl groups is 1. The summed E-state index contributed by atoms with van der Waals surface area (Å²) in [6, 6.07) is 26.9. The Morgan fingerprint density at radius 2 is 1.70 bits per heavy atom. The van der Waals surface area contributed by atoms with Crippen LogP contribution >= 0.6 is 0 Å². The lowest BCUT2D eigenvalue weighted by Gasteiger charge is -2.35. The topological polar surface area (TPSA) is 120 Å². The molecule has 0 spiro atoms. The smallest absolute Gasteiger partial charge is 0.321 e. The molecule has 4 atom stereocenters. The summed E-state index contributed by atoms with van der Waals surface area (Å²) in [6.07, 6.45) is 1.81. The molecule has 0 radical (unpaired) electrons. The summed E-state index contributed by atoms with van der Waals surface area (Å²) in [5.74, 6) is -0.434. The molecule has 5 rings (SSSR count). The summed E-state index contributed by atoms with van der Waals surface area (Å²) in [6.45, 7) is 6.53. The van der Waals surface area contributed by atoms with Gasteiger partial charge >= 0.3 is 6.03 Å². The lowest BCUT2D eigenvalue weighted by atomic mass is 10.0. The maximum atomic E-state index is 14.4. The Kier molecular flexibility index (Phi) is 12.5. The Morgan fingerprint density at radius 1 is 0.960 bits per heavy atom. The number of nitrogens with zero attached hydrogens (tertiary/aromatic N) is 2. The Labute approximate surface area is 294 Å². The van der Waals surface area contributed by atoms with Crippen LogP contribution < -0.4 is 15.4 Å². The van der Waals surface area contributed by atoms with Crippen molar-refractivity contribution in [2.24, 2.45) is 5.92 Å². The molecule has 3 N–H and O–H groups in total. The number of benzene rings is 4. The molecule has 1 heterocycles. The second kappa shape index (κ2) is 17.1. The van der Waals surface area contributed by atoms with E-state index < -0.39 is 12.1 Å². The van der Waals surface area contributed by atoms with Crippen molar-refractivity contribution in [2.45, 2.75) is 58.3 Å². The summed E-state index contributed by atoms with van der Waals surface area (Å²) in [7, 11) is 1.74. The maximum absolute atomic E-state index is 14.4. The van der Waals surface area contributed by atoms with E-state index in [0.717, 1.165) is 35.7 Å². The zero-order chi connectivity index (χ0) is 35.6. The average Bonchev–Trinajstić information content (AvgIpc) is 3.13. The standard InChI is InChI=1S/C40H48N4O6/c1-27-24-44(28(2)26-45)39(47)34-23-32(41-38(46)31-15-6-5-7-16-31)20-21-36(34)50-29(3)13-10-11-22-49-37(27)25-43(4)40(48)42-35-19-12-17-30-14-8-9-18-33(30)35/h5-9,12,14-21,23,27-29,37,45H,10-11,13,22,24-26H2,1-4H3,(H,41,46)(H,42,48)/t27-,28+,29-,37+/m0/s1. The van der Waals surface area contributed by atoms with Gasteiger partial charge in [-0.05, 0) is 74.9 Å². The normalized spacial score (nSPS) is 19.4. The number of nitrogens with one attached hydrogen (secondary N) is 2. The van der Waals surface area contributed by atoms with Crippen molar-refractivity contribution in [3.05, 3.63) is 102 Å². The third-order valence-electron chi connectivity index (χ3n) is 9.18. The number of carbonyl (C=O) groups excluding carboxylic acids is 3. The van der Waals surface area contributed by atoms with Crippen molar-refractivity contribution in [1.82, 2.24) is 9.80 Å². The highest BCUT2D eigenvalue weighted by atomic mass is 16.5. The molecule has 1 aliphatic heterocycles. The van der Waals surface area contributed by atoms with E-state index in [9.17, 15) is 19.5 Å². The van der Waals surface area contributed by atoms with E-state index in [1.54, 1.807) is 66.2 Å². The number of urea groups is 1. The Balaban J connectivity index is 1.38. The predicted molar refractivity (Wildman–Crippen MR) is 197 cm³/mol. The monoisotopic (exact) mass is 680 g/mol. The minimum absolute atomic E-state index is 0.184. The van der Waals surface area contributed by atoms with Gasteiger partial charge in [0.2, 0.25) is 0 Å². The highest BCUT2D eigenvalue weighted by Gasteiger charge is 2.31. The van der Waals surface area contributed by atoms with Crippen LogP contribution in [0.3, 0.4) is 0 Å². The number of hydrogen-bond acceptors (Lipinski definition) is 6. The molecular weight excluding hydrogens is 632 g/mol. The van der Waals surface area contributed by atoms with Crippen LogP contribution in [0.15, 0.2) is 91.0 Å². The first-order valence-corrected chi connectivity index (χ1v) is 17.3. The molecule has 4 amide bonds. The molecule has 0 saturated heterocycles. The van der Waals surface area contributed by atoms with Crippen molar-refractivity contribution in [2.75, 3.05) is 44.0 Å². The molecular formula is C40H48N4O6. The number of likely N-dealkylation sites (N-methyl/N-ethyl adjacent to an activating group) is 1. The molecule has 0 saturated carbocycles. The van der Waals surface area contributed by atoms with Crippen LogP contribution in [-0.4, -0.2) is 84.4 Å². The van der Waals surface area contributed by atoms with E-state index in [4.69, 9.17) is 9.47 Å². The summed E-state index contributed by atoms with van der Waals surface area (Å²) < 4.78 is 12.7. The van der Waals surface area contributed by atoms with Gasteiger partial charge in [0.05, 0.1) is 36.1 Å². The quantitative estimate of drug-likeness (QED) is 0.192. The number of aliphatic hydroxyl groups excluding tert-OH is 1.